The number of hydrogen-bond donors (Lipinski definition) is 2. The second-order valence-corrected chi connectivity index (χ2v) is 6.39. The molecule has 0 aliphatic heterocycles. The SMILES string of the molecule is CCC(=O)Nc1cccc(C(=O)NCc2csc(C(C)C)n2)c1. The second kappa shape index (κ2) is 7.87. The van der Waals surface area contributed by atoms with Crippen LogP contribution in [0, 0.1) is 0 Å². The summed E-state index contributed by atoms with van der Waals surface area (Å²) in [6.07, 6.45) is 0.401. The van der Waals surface area contributed by atoms with Gasteiger partial charge in [0.25, 0.3) is 5.91 Å². The molecule has 0 spiro atoms. The Kier molecular flexibility index (Phi) is 5.87. The van der Waals surface area contributed by atoms with E-state index in [0.717, 1.165) is 10.7 Å². The fourth-order valence-electron chi connectivity index (χ4n) is 1.93. The lowest BCUT2D eigenvalue weighted by Crippen LogP contribution is -2.23. The monoisotopic (exact) mass is 331 g/mol. The summed E-state index contributed by atoms with van der Waals surface area (Å²) < 4.78 is 0. The van der Waals surface area contributed by atoms with Gasteiger partial charge in [-0.15, -0.1) is 11.3 Å². The Balaban J connectivity index is 1.97. The molecule has 0 saturated heterocycles. The highest BCUT2D eigenvalue weighted by Gasteiger charge is 2.10. The van der Waals surface area contributed by atoms with Gasteiger partial charge in [0, 0.05) is 29.0 Å². The third-order valence-electron chi connectivity index (χ3n) is 3.22. The van der Waals surface area contributed by atoms with Gasteiger partial charge in [-0.3, -0.25) is 9.59 Å². The Hall–Kier alpha value is -2.21. The van der Waals surface area contributed by atoms with Crippen molar-refractivity contribution in [1.29, 1.82) is 0 Å². The molecule has 2 rings (SSSR count). The number of nitrogens with one attached hydrogen (secondary N) is 2. The van der Waals surface area contributed by atoms with Gasteiger partial charge in [-0.2, -0.15) is 0 Å². The van der Waals surface area contributed by atoms with Crippen molar-refractivity contribution >= 4 is 28.8 Å². The van der Waals surface area contributed by atoms with Crippen LogP contribution in [0.5, 0.6) is 0 Å². The molecule has 1 aromatic heterocycles. The third-order valence-corrected chi connectivity index (χ3v) is 4.42. The molecule has 0 bridgehead atoms. The number of nitrogens with zero attached hydrogens (tertiary/aromatic N) is 1. The maximum atomic E-state index is 12.2. The van der Waals surface area contributed by atoms with Crippen molar-refractivity contribution in [3.8, 4) is 0 Å². The minimum absolute atomic E-state index is 0.0775. The van der Waals surface area contributed by atoms with E-state index in [1.807, 2.05) is 5.38 Å². The first-order valence-corrected chi connectivity index (χ1v) is 8.50. The molecule has 0 aliphatic carbocycles. The average molecular weight is 331 g/mol. The molecule has 0 atom stereocenters. The van der Waals surface area contributed by atoms with Gasteiger partial charge in [0.05, 0.1) is 17.2 Å². The standard InChI is InChI=1S/C17H21N3O2S/c1-4-15(21)19-13-7-5-6-12(8-13)16(22)18-9-14-10-23-17(20-14)11(2)3/h5-8,10-11H,4,9H2,1-3H3,(H,18,22)(H,19,21). The van der Waals surface area contributed by atoms with Crippen molar-refractivity contribution < 1.29 is 9.59 Å². The van der Waals surface area contributed by atoms with Crippen LogP contribution in [0.25, 0.3) is 0 Å². The smallest absolute Gasteiger partial charge is 0.251 e. The maximum absolute atomic E-state index is 12.2. The van der Waals surface area contributed by atoms with Crippen LogP contribution >= 0.6 is 11.3 Å². The fourth-order valence-corrected chi connectivity index (χ4v) is 2.76. The predicted octanol–water partition coefficient (Wildman–Crippen LogP) is 3.55. The van der Waals surface area contributed by atoms with E-state index >= 15 is 0 Å². The Labute approximate surface area is 140 Å². The largest absolute Gasteiger partial charge is 0.346 e. The molecule has 2 aromatic rings. The molecule has 0 unspecified atom stereocenters. The van der Waals surface area contributed by atoms with Crippen LogP contribution in [0.3, 0.4) is 0 Å². The van der Waals surface area contributed by atoms with Crippen LogP contribution < -0.4 is 10.6 Å². The van der Waals surface area contributed by atoms with Gasteiger partial charge in [-0.25, -0.2) is 4.98 Å². The molecular weight excluding hydrogens is 310 g/mol. The molecule has 0 saturated carbocycles. The number of benzene rings is 1. The molecule has 2 N–H and O–H groups in total. The summed E-state index contributed by atoms with van der Waals surface area (Å²) in [5, 5.41) is 8.64. The number of carbonyl (C=O) groups is 2. The summed E-state index contributed by atoms with van der Waals surface area (Å²) in [5.41, 5.74) is 2.00. The van der Waals surface area contributed by atoms with Crippen LogP contribution in [0.15, 0.2) is 29.6 Å². The normalized spacial score (nSPS) is 10.6. The summed E-state index contributed by atoms with van der Waals surface area (Å²) in [7, 11) is 0. The molecule has 5 nitrogen and oxygen atoms in total. The van der Waals surface area contributed by atoms with Crippen LogP contribution in [-0.4, -0.2) is 16.8 Å². The van der Waals surface area contributed by atoms with Gasteiger partial charge >= 0.3 is 0 Å². The van der Waals surface area contributed by atoms with Gasteiger partial charge in [-0.05, 0) is 18.2 Å². The Morgan fingerprint density at radius 2 is 2.09 bits per heavy atom. The average Bonchev–Trinajstić information content (AvgIpc) is 3.02. The van der Waals surface area contributed by atoms with Gasteiger partial charge in [-0.1, -0.05) is 26.8 Å². The van der Waals surface area contributed by atoms with Gasteiger partial charge < -0.3 is 10.6 Å². The van der Waals surface area contributed by atoms with Crippen molar-refractivity contribution in [2.75, 3.05) is 5.32 Å². The Morgan fingerprint density at radius 3 is 2.74 bits per heavy atom. The number of carbonyl (C=O) groups excluding carboxylic acids is 2. The van der Waals surface area contributed by atoms with Crippen molar-refractivity contribution in [2.24, 2.45) is 0 Å². The minimum atomic E-state index is -0.184. The number of anilines is 1. The zero-order chi connectivity index (χ0) is 16.8. The summed E-state index contributed by atoms with van der Waals surface area (Å²) in [6.45, 7) is 6.37. The molecule has 122 valence electrons. The number of rotatable bonds is 6. The Bertz CT molecular complexity index is 695. The molecule has 1 aromatic carbocycles. The van der Waals surface area contributed by atoms with E-state index in [0.29, 0.717) is 30.1 Å². The fraction of sp³-hybridized carbons (Fsp3) is 0.353. The molecule has 0 aliphatic rings. The van der Waals surface area contributed by atoms with Crippen LogP contribution in [0.1, 0.15) is 54.2 Å². The van der Waals surface area contributed by atoms with E-state index in [-0.39, 0.29) is 11.8 Å². The summed E-state index contributed by atoms with van der Waals surface area (Å²) in [4.78, 5) is 28.1. The molecule has 1 heterocycles. The van der Waals surface area contributed by atoms with Gasteiger partial charge in [0.1, 0.15) is 0 Å². The van der Waals surface area contributed by atoms with Crippen LogP contribution in [0.2, 0.25) is 0 Å². The van der Waals surface area contributed by atoms with Crippen LogP contribution in [0.4, 0.5) is 5.69 Å². The molecular formula is C17H21N3O2S. The maximum Gasteiger partial charge on any atom is 0.251 e. The van der Waals surface area contributed by atoms with E-state index in [2.05, 4.69) is 29.5 Å². The molecule has 0 fully saturated rings. The minimum Gasteiger partial charge on any atom is -0.346 e. The van der Waals surface area contributed by atoms with Crippen molar-refractivity contribution in [3.63, 3.8) is 0 Å². The molecule has 23 heavy (non-hydrogen) atoms. The lowest BCUT2D eigenvalue weighted by Gasteiger charge is -2.07. The highest BCUT2D eigenvalue weighted by molar-refractivity contribution is 7.09. The summed E-state index contributed by atoms with van der Waals surface area (Å²) in [5.74, 6) is 0.131. The highest BCUT2D eigenvalue weighted by Crippen LogP contribution is 2.19. The lowest BCUT2D eigenvalue weighted by molar-refractivity contribution is -0.115. The van der Waals surface area contributed by atoms with Crippen molar-refractivity contribution in [3.05, 3.63) is 45.9 Å². The van der Waals surface area contributed by atoms with Gasteiger partial charge in [0.2, 0.25) is 5.91 Å². The zero-order valence-electron chi connectivity index (χ0n) is 13.6. The van der Waals surface area contributed by atoms with Crippen molar-refractivity contribution in [1.82, 2.24) is 10.3 Å². The van der Waals surface area contributed by atoms with Crippen molar-refractivity contribution in [2.45, 2.75) is 39.7 Å². The molecule has 0 radical (unpaired) electrons. The van der Waals surface area contributed by atoms with E-state index in [4.69, 9.17) is 0 Å². The number of thiazole rings is 1. The van der Waals surface area contributed by atoms with Gasteiger partial charge in [0.15, 0.2) is 0 Å². The number of amides is 2. The van der Waals surface area contributed by atoms with E-state index in [1.165, 1.54) is 0 Å². The van der Waals surface area contributed by atoms with E-state index in [1.54, 1.807) is 42.5 Å². The first kappa shape index (κ1) is 17.1. The lowest BCUT2D eigenvalue weighted by atomic mass is 10.2. The topological polar surface area (TPSA) is 71.1 Å². The quantitative estimate of drug-likeness (QED) is 0.850. The highest BCUT2D eigenvalue weighted by atomic mass is 32.1. The predicted molar refractivity (Wildman–Crippen MR) is 92.7 cm³/mol. The summed E-state index contributed by atoms with van der Waals surface area (Å²) >= 11 is 1.61. The van der Waals surface area contributed by atoms with Crippen LogP contribution in [-0.2, 0) is 11.3 Å². The first-order valence-electron chi connectivity index (χ1n) is 7.62. The van der Waals surface area contributed by atoms with E-state index in [9.17, 15) is 9.59 Å². The second-order valence-electron chi connectivity index (χ2n) is 5.50. The first-order chi connectivity index (χ1) is 11.0. The van der Waals surface area contributed by atoms with E-state index < -0.39 is 0 Å². The number of aromatic nitrogens is 1. The molecule has 6 heteroatoms. The molecule has 2 amide bonds. The summed E-state index contributed by atoms with van der Waals surface area (Å²) in [6, 6.07) is 6.90. The Morgan fingerprint density at radius 1 is 1.30 bits per heavy atom. The number of hydrogen-bond acceptors (Lipinski definition) is 4. The third kappa shape index (κ3) is 4.89. The zero-order valence-corrected chi connectivity index (χ0v) is 14.4.